The van der Waals surface area contributed by atoms with Crippen LogP contribution in [0.1, 0.15) is 16.8 Å². The zero-order valence-corrected chi connectivity index (χ0v) is 17.1. The summed E-state index contributed by atoms with van der Waals surface area (Å²) in [7, 11) is 0. The molecule has 0 aliphatic heterocycles. The van der Waals surface area contributed by atoms with E-state index in [1.165, 1.54) is 0 Å². The van der Waals surface area contributed by atoms with E-state index in [1.807, 2.05) is 0 Å². The highest BCUT2D eigenvalue weighted by Crippen LogP contribution is 2.33. The zero-order valence-electron chi connectivity index (χ0n) is 17.1. The number of aliphatic hydroxyl groups is 1. The predicted octanol–water partition coefficient (Wildman–Crippen LogP) is 3.12. The summed E-state index contributed by atoms with van der Waals surface area (Å²) >= 11 is 0. The number of carbonyl (C=O) groups is 1. The van der Waals surface area contributed by atoms with Crippen molar-refractivity contribution in [2.45, 2.75) is 6.42 Å². The molecule has 0 fully saturated rings. The van der Waals surface area contributed by atoms with Crippen LogP contribution >= 0.6 is 0 Å². The molecular formula is C24H22N4O4. The third-order valence-corrected chi connectivity index (χ3v) is 4.89. The largest absolute Gasteiger partial charge is 0.507 e. The molecule has 1 aromatic heterocycles. The molecule has 8 heteroatoms. The van der Waals surface area contributed by atoms with E-state index in [-0.39, 0.29) is 24.0 Å². The lowest BCUT2D eigenvalue weighted by atomic mass is 10.1. The van der Waals surface area contributed by atoms with Crippen molar-refractivity contribution < 1.29 is 20.1 Å². The number of aromatic nitrogens is 3. The van der Waals surface area contributed by atoms with E-state index >= 15 is 0 Å². The number of phenolic OH excluding ortho intramolecular Hbond substituents is 2. The molecule has 0 aliphatic rings. The molecular weight excluding hydrogens is 408 g/mol. The molecule has 1 heterocycles. The van der Waals surface area contributed by atoms with Crippen molar-refractivity contribution >= 4 is 5.91 Å². The summed E-state index contributed by atoms with van der Waals surface area (Å²) in [5.41, 5.74) is 2.04. The summed E-state index contributed by atoms with van der Waals surface area (Å²) in [5, 5.41) is 36.8. The number of hydrogen-bond acceptors (Lipinski definition) is 6. The molecule has 4 N–H and O–H groups in total. The minimum Gasteiger partial charge on any atom is -0.507 e. The first-order valence-electron chi connectivity index (χ1n) is 10.1. The zero-order chi connectivity index (χ0) is 22.5. The Morgan fingerprint density at radius 2 is 1.50 bits per heavy atom. The van der Waals surface area contributed by atoms with E-state index in [4.69, 9.17) is 5.11 Å². The predicted molar refractivity (Wildman–Crippen MR) is 120 cm³/mol. The van der Waals surface area contributed by atoms with E-state index in [2.05, 4.69) is 15.4 Å². The van der Waals surface area contributed by atoms with Gasteiger partial charge in [-0.1, -0.05) is 24.3 Å². The van der Waals surface area contributed by atoms with Crippen LogP contribution in [0.25, 0.3) is 28.5 Å². The average Bonchev–Trinajstić information content (AvgIpc) is 3.25. The third kappa shape index (κ3) is 4.30. The van der Waals surface area contributed by atoms with Gasteiger partial charge in [0.2, 0.25) is 0 Å². The van der Waals surface area contributed by atoms with Crippen molar-refractivity contribution in [3.05, 3.63) is 78.4 Å². The second-order valence-electron chi connectivity index (χ2n) is 7.09. The van der Waals surface area contributed by atoms with Gasteiger partial charge in [0.25, 0.3) is 5.91 Å². The lowest BCUT2D eigenvalue weighted by Crippen LogP contribution is -2.24. The van der Waals surface area contributed by atoms with Crippen LogP contribution in [0, 0.1) is 0 Å². The minimum absolute atomic E-state index is 0.0138. The van der Waals surface area contributed by atoms with E-state index in [1.54, 1.807) is 77.5 Å². The van der Waals surface area contributed by atoms with Gasteiger partial charge in [-0.2, -0.15) is 0 Å². The van der Waals surface area contributed by atoms with Crippen LogP contribution in [0.15, 0.2) is 72.8 Å². The maximum Gasteiger partial charge on any atom is 0.251 e. The summed E-state index contributed by atoms with van der Waals surface area (Å²) in [6, 6.07) is 20.3. The maximum absolute atomic E-state index is 12.2. The van der Waals surface area contributed by atoms with Gasteiger partial charge in [0.05, 0.1) is 16.8 Å². The van der Waals surface area contributed by atoms with Crippen LogP contribution in [-0.4, -0.2) is 49.1 Å². The van der Waals surface area contributed by atoms with Crippen molar-refractivity contribution in [3.8, 4) is 40.0 Å². The molecule has 0 saturated heterocycles. The Bertz CT molecular complexity index is 1230. The van der Waals surface area contributed by atoms with Gasteiger partial charge in [-0.05, 0) is 55.0 Å². The van der Waals surface area contributed by atoms with E-state index in [9.17, 15) is 15.0 Å². The number of benzene rings is 3. The van der Waals surface area contributed by atoms with Crippen molar-refractivity contribution in [1.82, 2.24) is 20.1 Å². The highest BCUT2D eigenvalue weighted by atomic mass is 16.3. The Labute approximate surface area is 184 Å². The molecule has 162 valence electrons. The molecule has 0 atom stereocenters. The number of aromatic hydroxyl groups is 2. The number of rotatable bonds is 7. The minimum atomic E-state index is -0.237. The molecule has 4 rings (SSSR count). The van der Waals surface area contributed by atoms with Crippen LogP contribution in [0.2, 0.25) is 0 Å². The van der Waals surface area contributed by atoms with E-state index < -0.39 is 0 Å². The molecule has 3 aromatic carbocycles. The lowest BCUT2D eigenvalue weighted by molar-refractivity contribution is 0.0951. The van der Waals surface area contributed by atoms with Gasteiger partial charge in [-0.25, -0.2) is 9.67 Å². The topological polar surface area (TPSA) is 121 Å². The molecule has 0 radical (unpaired) electrons. The smallest absolute Gasteiger partial charge is 0.251 e. The Hall–Kier alpha value is -4.17. The van der Waals surface area contributed by atoms with Gasteiger partial charge in [0.1, 0.15) is 11.5 Å². The van der Waals surface area contributed by atoms with Crippen LogP contribution < -0.4 is 5.32 Å². The maximum atomic E-state index is 12.2. The number of phenols is 2. The molecule has 4 aromatic rings. The molecule has 32 heavy (non-hydrogen) atoms. The first-order chi connectivity index (χ1) is 15.6. The highest BCUT2D eigenvalue weighted by molar-refractivity contribution is 5.94. The molecule has 0 spiro atoms. The molecule has 1 amide bonds. The quantitative estimate of drug-likeness (QED) is 0.334. The summed E-state index contributed by atoms with van der Waals surface area (Å²) in [6.07, 6.45) is 0.488. The van der Waals surface area contributed by atoms with Crippen LogP contribution in [0.3, 0.4) is 0 Å². The number of carbonyl (C=O) groups excluding carboxylic acids is 1. The molecule has 0 saturated carbocycles. The first-order valence-corrected chi connectivity index (χ1v) is 10.1. The standard InChI is InChI=1S/C24H22N4O4/c29-15-5-14-25-24(32)16-10-12-17(13-11-16)28-23(19-7-2-4-9-21(19)31)26-22(27-28)18-6-1-3-8-20(18)30/h1-4,6-13,29-31H,5,14-15H2,(H,25,32). The Morgan fingerprint density at radius 3 is 2.12 bits per heavy atom. The second-order valence-corrected chi connectivity index (χ2v) is 7.09. The summed E-state index contributed by atoms with van der Waals surface area (Å²) in [4.78, 5) is 16.8. The molecule has 8 nitrogen and oxygen atoms in total. The van der Waals surface area contributed by atoms with Crippen LogP contribution in [-0.2, 0) is 0 Å². The van der Waals surface area contributed by atoms with Crippen LogP contribution in [0.5, 0.6) is 11.5 Å². The average molecular weight is 430 g/mol. The number of nitrogens with one attached hydrogen (secondary N) is 1. The van der Waals surface area contributed by atoms with Crippen molar-refractivity contribution in [2.75, 3.05) is 13.2 Å². The highest BCUT2D eigenvalue weighted by Gasteiger charge is 2.19. The van der Waals surface area contributed by atoms with Crippen LogP contribution in [0.4, 0.5) is 0 Å². The van der Waals surface area contributed by atoms with Gasteiger partial charge >= 0.3 is 0 Å². The molecule has 0 aliphatic carbocycles. The normalized spacial score (nSPS) is 10.8. The number of amides is 1. The fourth-order valence-corrected chi connectivity index (χ4v) is 3.24. The Balaban J connectivity index is 1.75. The van der Waals surface area contributed by atoms with Crippen molar-refractivity contribution in [3.63, 3.8) is 0 Å². The number of nitrogens with zero attached hydrogens (tertiary/aromatic N) is 3. The number of aliphatic hydroxyl groups excluding tert-OH is 1. The molecule has 0 unspecified atom stereocenters. The fraction of sp³-hybridized carbons (Fsp3) is 0.125. The second kappa shape index (κ2) is 9.32. The Kier molecular flexibility index (Phi) is 6.14. The monoisotopic (exact) mass is 430 g/mol. The summed E-state index contributed by atoms with van der Waals surface area (Å²) < 4.78 is 1.56. The van der Waals surface area contributed by atoms with Crippen molar-refractivity contribution in [2.24, 2.45) is 0 Å². The summed E-state index contributed by atoms with van der Waals surface area (Å²) in [5.74, 6) is 0.543. The lowest BCUT2D eigenvalue weighted by Gasteiger charge is -2.09. The SMILES string of the molecule is O=C(NCCCO)c1ccc(-n2nc(-c3ccccc3O)nc2-c2ccccc2O)cc1. The van der Waals surface area contributed by atoms with E-state index in [0.717, 1.165) is 0 Å². The van der Waals surface area contributed by atoms with E-state index in [0.29, 0.717) is 47.0 Å². The number of hydrogen-bond donors (Lipinski definition) is 4. The fourth-order valence-electron chi connectivity index (χ4n) is 3.24. The van der Waals surface area contributed by atoms with Gasteiger partial charge in [-0.3, -0.25) is 4.79 Å². The van der Waals surface area contributed by atoms with Gasteiger partial charge < -0.3 is 20.6 Å². The van der Waals surface area contributed by atoms with Gasteiger partial charge in [0, 0.05) is 18.7 Å². The summed E-state index contributed by atoms with van der Waals surface area (Å²) in [6.45, 7) is 0.404. The van der Waals surface area contributed by atoms with Gasteiger partial charge in [0.15, 0.2) is 11.6 Å². The first kappa shape index (κ1) is 21.1. The Morgan fingerprint density at radius 1 is 0.875 bits per heavy atom. The number of para-hydroxylation sites is 2. The molecule has 0 bridgehead atoms. The van der Waals surface area contributed by atoms with Crippen molar-refractivity contribution in [1.29, 1.82) is 0 Å². The van der Waals surface area contributed by atoms with Gasteiger partial charge in [-0.15, -0.1) is 5.10 Å². The third-order valence-electron chi connectivity index (χ3n) is 4.89.